The maximum Gasteiger partial charge on any atom is 0.169 e. The van der Waals surface area contributed by atoms with Crippen LogP contribution < -0.4 is 28.4 Å². The molecule has 0 aliphatic heterocycles. The van der Waals surface area contributed by atoms with E-state index in [4.69, 9.17) is 28.4 Å². The Balaban J connectivity index is 1.26. The summed E-state index contributed by atoms with van der Waals surface area (Å²) in [6, 6.07) is 35.1. The van der Waals surface area contributed by atoms with Crippen molar-refractivity contribution >= 4 is 0 Å². The van der Waals surface area contributed by atoms with Gasteiger partial charge in [-0.3, -0.25) is 0 Å². The topological polar surface area (TPSA) is 55.4 Å². The van der Waals surface area contributed by atoms with E-state index >= 15 is 0 Å². The van der Waals surface area contributed by atoms with Crippen molar-refractivity contribution in [2.24, 2.45) is 0 Å². The Morgan fingerprint density at radius 3 is 0.881 bits per heavy atom. The zero-order valence-electron chi connectivity index (χ0n) is 32.8. The van der Waals surface area contributed by atoms with Gasteiger partial charge in [0.1, 0.15) is 54.3 Å². The van der Waals surface area contributed by atoms with Crippen LogP contribution in [0, 0.1) is 53.0 Å². The molecule has 0 unspecified atom stereocenters. The van der Waals surface area contributed by atoms with Crippen LogP contribution in [0.2, 0.25) is 0 Å². The molecule has 6 aromatic carbocycles. The van der Waals surface area contributed by atoms with Crippen LogP contribution in [0.4, 0.5) is 13.2 Å². The Kier molecular flexibility index (Phi) is 13.7. The van der Waals surface area contributed by atoms with Crippen LogP contribution in [-0.4, -0.2) is 19.8 Å². The number of halogens is 3. The molecule has 59 heavy (non-hydrogen) atoms. The number of hydrogen-bond acceptors (Lipinski definition) is 6. The molecule has 0 spiro atoms. The maximum absolute atomic E-state index is 15.0. The number of benzene rings is 6. The van der Waals surface area contributed by atoms with E-state index in [2.05, 4.69) is 42.4 Å². The molecule has 296 valence electrons. The lowest BCUT2D eigenvalue weighted by molar-refractivity contribution is 0.364. The van der Waals surface area contributed by atoms with Gasteiger partial charge in [0.2, 0.25) is 0 Å². The van der Waals surface area contributed by atoms with E-state index in [1.54, 1.807) is 75.4 Å². The number of ether oxygens (including phenoxy) is 6. The van der Waals surface area contributed by atoms with E-state index in [0.29, 0.717) is 34.5 Å². The number of rotatable bonds is 15. The lowest BCUT2D eigenvalue weighted by Gasteiger charge is -2.32. The predicted molar refractivity (Wildman–Crippen MR) is 221 cm³/mol. The molecule has 9 heteroatoms. The number of hydrogen-bond donors (Lipinski definition) is 0. The Labute approximate surface area is 342 Å². The Morgan fingerprint density at radius 1 is 0.390 bits per heavy atom. The van der Waals surface area contributed by atoms with E-state index in [0.717, 1.165) is 16.7 Å². The summed E-state index contributed by atoms with van der Waals surface area (Å²) in [7, 11) is 0. The van der Waals surface area contributed by atoms with Gasteiger partial charge in [-0.1, -0.05) is 54.2 Å². The van der Waals surface area contributed by atoms with Gasteiger partial charge >= 0.3 is 0 Å². The van der Waals surface area contributed by atoms with Crippen LogP contribution in [0.5, 0.6) is 51.7 Å². The molecule has 6 nitrogen and oxygen atoms in total. The average Bonchev–Trinajstić information content (AvgIpc) is 3.24. The molecule has 6 rings (SSSR count). The van der Waals surface area contributed by atoms with Crippen molar-refractivity contribution in [1.29, 1.82) is 0 Å². The molecular weight excluding hydrogens is 754 g/mol. The minimum Gasteiger partial charge on any atom is -0.481 e. The highest BCUT2D eigenvalue weighted by Gasteiger charge is 2.32. The van der Waals surface area contributed by atoms with Gasteiger partial charge in [-0.05, 0) is 117 Å². The minimum absolute atomic E-state index is 0.0365. The van der Waals surface area contributed by atoms with Crippen molar-refractivity contribution in [3.05, 3.63) is 162 Å². The summed E-state index contributed by atoms with van der Waals surface area (Å²) in [6.07, 6.45) is 0. The SMILES string of the molecule is CC#CCOc1ccc(Oc2ccc(C(C)(c3ccc(Oc4ccc(OCC#CC)cc4F)cc3)c3ccc(Oc4ccc(OCC#CC)cc4F)cc3)cc2)c(F)c1. The fourth-order valence-electron chi connectivity index (χ4n) is 5.99. The Morgan fingerprint density at radius 2 is 0.644 bits per heavy atom. The van der Waals surface area contributed by atoms with E-state index in [1.807, 2.05) is 36.4 Å². The van der Waals surface area contributed by atoms with Gasteiger partial charge < -0.3 is 28.4 Å². The van der Waals surface area contributed by atoms with Crippen LogP contribution in [-0.2, 0) is 5.41 Å². The van der Waals surface area contributed by atoms with E-state index in [-0.39, 0.29) is 37.1 Å². The van der Waals surface area contributed by atoms with Crippen molar-refractivity contribution in [3.8, 4) is 87.3 Å². The molecule has 6 aromatic rings. The summed E-state index contributed by atoms with van der Waals surface area (Å²) in [6.45, 7) is 7.61. The molecule has 0 aliphatic rings. The molecular formula is C50H39F3O6. The molecule has 0 aromatic heterocycles. The summed E-state index contributed by atoms with van der Waals surface area (Å²) in [4.78, 5) is 0. The van der Waals surface area contributed by atoms with Gasteiger partial charge in [-0.25, -0.2) is 13.2 Å². The van der Waals surface area contributed by atoms with Crippen molar-refractivity contribution in [2.75, 3.05) is 19.8 Å². The second-order valence-electron chi connectivity index (χ2n) is 12.9. The van der Waals surface area contributed by atoms with Crippen molar-refractivity contribution < 1.29 is 41.6 Å². The normalized spacial score (nSPS) is 10.4. The second kappa shape index (κ2) is 19.6. The molecule has 0 saturated carbocycles. The maximum atomic E-state index is 15.0. The molecule has 0 heterocycles. The van der Waals surface area contributed by atoms with Crippen LogP contribution in [0.15, 0.2) is 127 Å². The van der Waals surface area contributed by atoms with Crippen molar-refractivity contribution in [2.45, 2.75) is 33.1 Å². The molecule has 0 saturated heterocycles. The molecule has 0 N–H and O–H groups in total. The molecule has 0 aliphatic carbocycles. The zero-order chi connectivity index (χ0) is 41.6. The molecule has 0 radical (unpaired) electrons. The van der Waals surface area contributed by atoms with Crippen LogP contribution in [0.25, 0.3) is 0 Å². The van der Waals surface area contributed by atoms with Gasteiger partial charge in [0, 0.05) is 23.6 Å². The fraction of sp³-hybridized carbons (Fsp3) is 0.160. The lowest BCUT2D eigenvalue weighted by atomic mass is 9.71. The molecule has 0 atom stereocenters. The van der Waals surface area contributed by atoms with E-state index in [1.165, 1.54) is 36.4 Å². The van der Waals surface area contributed by atoms with Crippen molar-refractivity contribution in [3.63, 3.8) is 0 Å². The largest absolute Gasteiger partial charge is 0.481 e. The van der Waals surface area contributed by atoms with Crippen LogP contribution in [0.3, 0.4) is 0 Å². The third-order valence-corrected chi connectivity index (χ3v) is 9.15. The van der Waals surface area contributed by atoms with E-state index in [9.17, 15) is 13.2 Å². The average molecular weight is 793 g/mol. The first-order valence-corrected chi connectivity index (χ1v) is 18.5. The minimum atomic E-state index is -0.779. The van der Waals surface area contributed by atoms with Crippen LogP contribution in [0.1, 0.15) is 44.4 Å². The smallest absolute Gasteiger partial charge is 0.169 e. The molecule has 0 fully saturated rings. The van der Waals surface area contributed by atoms with Gasteiger partial charge in [0.15, 0.2) is 34.7 Å². The van der Waals surface area contributed by atoms with Crippen molar-refractivity contribution in [1.82, 2.24) is 0 Å². The molecule has 0 bridgehead atoms. The highest BCUT2D eigenvalue weighted by molar-refractivity contribution is 5.53. The highest BCUT2D eigenvalue weighted by atomic mass is 19.1. The Hall–Kier alpha value is -7.41. The summed E-state index contributed by atoms with van der Waals surface area (Å²) < 4.78 is 79.0. The third kappa shape index (κ3) is 10.5. The van der Waals surface area contributed by atoms with Crippen LogP contribution >= 0.6 is 0 Å². The second-order valence-corrected chi connectivity index (χ2v) is 12.9. The quantitative estimate of drug-likeness (QED) is 0.0762. The first-order valence-electron chi connectivity index (χ1n) is 18.5. The third-order valence-electron chi connectivity index (χ3n) is 9.15. The van der Waals surface area contributed by atoms with Gasteiger partial charge in [0.05, 0.1) is 0 Å². The van der Waals surface area contributed by atoms with Gasteiger partial charge in [0.25, 0.3) is 0 Å². The predicted octanol–water partition coefficient (Wildman–Crippen LogP) is 12.0. The summed E-state index contributed by atoms with van der Waals surface area (Å²) >= 11 is 0. The fourth-order valence-corrected chi connectivity index (χ4v) is 5.99. The first-order chi connectivity index (χ1) is 28.7. The standard InChI is InChI=1S/C50H39F3O6/c1-5-8-29-54-41-23-26-47(44(51)32-41)57-38-17-11-35(12-18-38)50(4,36-13-19-39(20-14-36)58-48-27-24-42(33-45(48)52)55-30-9-6-2)37-15-21-40(22-16-37)59-49-28-25-43(34-46(49)53)56-31-10-7-3/h11-28,32-34H,29-31H2,1-4H3. The van der Waals surface area contributed by atoms with E-state index < -0.39 is 22.9 Å². The Bertz CT molecular complexity index is 2280. The van der Waals surface area contributed by atoms with Gasteiger partial charge in [-0.2, -0.15) is 0 Å². The van der Waals surface area contributed by atoms with Gasteiger partial charge in [-0.15, -0.1) is 17.8 Å². The first kappa shape index (κ1) is 41.2. The summed E-state index contributed by atoms with van der Waals surface area (Å²) in [5, 5.41) is 0. The highest BCUT2D eigenvalue weighted by Crippen LogP contribution is 2.42. The molecule has 0 amide bonds. The lowest BCUT2D eigenvalue weighted by Crippen LogP contribution is -2.25. The monoisotopic (exact) mass is 792 g/mol. The summed E-state index contributed by atoms with van der Waals surface area (Å²) in [5.74, 6) is 17.2. The summed E-state index contributed by atoms with van der Waals surface area (Å²) in [5.41, 5.74) is 1.84. The zero-order valence-corrected chi connectivity index (χ0v) is 32.8.